The molecule has 0 spiro atoms. The Bertz CT molecular complexity index is 906. The van der Waals surface area contributed by atoms with Gasteiger partial charge in [0.1, 0.15) is 22.8 Å². The Morgan fingerprint density at radius 2 is 1.96 bits per heavy atom. The van der Waals surface area contributed by atoms with Gasteiger partial charge >= 0.3 is 0 Å². The van der Waals surface area contributed by atoms with E-state index in [1.165, 1.54) is 39.9 Å². The molecule has 130 valence electrons. The smallest absolute Gasteiger partial charge is 0.141 e. The van der Waals surface area contributed by atoms with Gasteiger partial charge in [-0.3, -0.25) is 4.90 Å². The number of aryl methyl sites for hydroxylation is 3. The Morgan fingerprint density at radius 3 is 2.76 bits per heavy atom. The maximum absolute atomic E-state index is 4.68. The maximum Gasteiger partial charge on any atom is 0.141 e. The summed E-state index contributed by atoms with van der Waals surface area (Å²) in [6, 6.07) is 0. The molecule has 1 aliphatic heterocycles. The molecule has 1 aliphatic carbocycles. The van der Waals surface area contributed by atoms with Crippen LogP contribution in [0.4, 0.5) is 5.82 Å². The number of nitrogens with zero attached hydrogens (tertiary/aromatic N) is 6. The zero-order valence-electron chi connectivity index (χ0n) is 14.5. The monoisotopic (exact) mass is 354 g/mol. The molecule has 0 unspecified atom stereocenters. The van der Waals surface area contributed by atoms with Crippen molar-refractivity contribution in [3.8, 4) is 0 Å². The van der Waals surface area contributed by atoms with E-state index in [0.29, 0.717) is 0 Å². The van der Waals surface area contributed by atoms with E-state index in [4.69, 9.17) is 0 Å². The molecule has 0 saturated carbocycles. The lowest BCUT2D eigenvalue weighted by atomic mass is 10.1. The summed E-state index contributed by atoms with van der Waals surface area (Å²) in [5, 5.41) is 1.33. The van der Waals surface area contributed by atoms with Crippen LogP contribution in [0.2, 0.25) is 0 Å². The third kappa shape index (κ3) is 2.62. The van der Waals surface area contributed by atoms with Gasteiger partial charge in [-0.25, -0.2) is 15.0 Å². The van der Waals surface area contributed by atoms with E-state index in [0.717, 1.165) is 44.4 Å². The van der Waals surface area contributed by atoms with Gasteiger partial charge in [0, 0.05) is 50.5 Å². The van der Waals surface area contributed by atoms with Crippen molar-refractivity contribution in [2.75, 3.05) is 31.1 Å². The highest BCUT2D eigenvalue weighted by Crippen LogP contribution is 2.40. The van der Waals surface area contributed by atoms with E-state index >= 15 is 0 Å². The molecular formula is C18H22N6S. The molecule has 7 heteroatoms. The molecular weight excluding hydrogens is 332 g/mol. The Hall–Kier alpha value is -1.99. The van der Waals surface area contributed by atoms with Gasteiger partial charge in [0.05, 0.1) is 11.9 Å². The number of hydrogen-bond acceptors (Lipinski definition) is 6. The van der Waals surface area contributed by atoms with Crippen LogP contribution in [0.1, 0.15) is 22.7 Å². The first-order valence-corrected chi connectivity index (χ1v) is 9.80. The predicted molar refractivity (Wildman–Crippen MR) is 100 cm³/mol. The normalized spacial score (nSPS) is 18.2. The molecule has 0 bridgehead atoms. The summed E-state index contributed by atoms with van der Waals surface area (Å²) in [4.78, 5) is 21.3. The standard InChI is InChI=1S/C18H22N6S/c1-22-6-5-19-15(22)11-23-7-9-24(10-8-23)17-16-13-3-2-4-14(13)25-18(16)21-12-20-17/h5-6,12H,2-4,7-11H2,1H3. The number of imidazole rings is 1. The van der Waals surface area contributed by atoms with Crippen LogP contribution in [0, 0.1) is 0 Å². The molecule has 0 aromatic carbocycles. The van der Waals surface area contributed by atoms with Crippen LogP contribution in [-0.2, 0) is 26.4 Å². The van der Waals surface area contributed by atoms with Crippen LogP contribution >= 0.6 is 11.3 Å². The molecule has 3 aromatic rings. The van der Waals surface area contributed by atoms with Gasteiger partial charge in [0.25, 0.3) is 0 Å². The number of anilines is 1. The third-order valence-electron chi connectivity index (χ3n) is 5.44. The highest BCUT2D eigenvalue weighted by molar-refractivity contribution is 7.19. The zero-order chi connectivity index (χ0) is 16.8. The van der Waals surface area contributed by atoms with Gasteiger partial charge in [-0.2, -0.15) is 0 Å². The van der Waals surface area contributed by atoms with Crippen molar-refractivity contribution in [3.05, 3.63) is 35.0 Å². The molecule has 0 atom stereocenters. The van der Waals surface area contributed by atoms with Gasteiger partial charge in [-0.15, -0.1) is 11.3 Å². The fourth-order valence-electron chi connectivity index (χ4n) is 4.02. The van der Waals surface area contributed by atoms with Gasteiger partial charge < -0.3 is 9.47 Å². The molecule has 2 aliphatic rings. The zero-order valence-corrected chi connectivity index (χ0v) is 15.3. The maximum atomic E-state index is 4.68. The van der Waals surface area contributed by atoms with E-state index in [1.807, 2.05) is 23.7 Å². The molecule has 0 radical (unpaired) electrons. The Labute approximate surface area is 151 Å². The van der Waals surface area contributed by atoms with Crippen molar-refractivity contribution in [2.45, 2.75) is 25.8 Å². The van der Waals surface area contributed by atoms with E-state index in [1.54, 1.807) is 6.33 Å². The molecule has 1 fully saturated rings. The van der Waals surface area contributed by atoms with Gasteiger partial charge in [-0.1, -0.05) is 0 Å². The van der Waals surface area contributed by atoms with Crippen LogP contribution < -0.4 is 4.90 Å². The molecule has 4 heterocycles. The van der Waals surface area contributed by atoms with Crippen LogP contribution in [0.3, 0.4) is 0 Å². The van der Waals surface area contributed by atoms with Gasteiger partial charge in [0.15, 0.2) is 0 Å². The van der Waals surface area contributed by atoms with E-state index in [2.05, 4.69) is 36.4 Å². The predicted octanol–water partition coefficient (Wildman–Crippen LogP) is 2.24. The van der Waals surface area contributed by atoms with Gasteiger partial charge in [-0.05, 0) is 24.8 Å². The first-order valence-electron chi connectivity index (χ1n) is 8.98. The number of hydrogen-bond donors (Lipinski definition) is 0. The second-order valence-electron chi connectivity index (χ2n) is 6.95. The second kappa shape index (κ2) is 6.07. The van der Waals surface area contributed by atoms with Crippen LogP contribution in [0.15, 0.2) is 18.7 Å². The summed E-state index contributed by atoms with van der Waals surface area (Å²) in [6.07, 6.45) is 9.31. The minimum atomic E-state index is 0.921. The van der Waals surface area contributed by atoms with E-state index in [9.17, 15) is 0 Å². The van der Waals surface area contributed by atoms with Crippen molar-refractivity contribution < 1.29 is 0 Å². The first kappa shape index (κ1) is 15.3. The molecule has 3 aromatic heterocycles. The summed E-state index contributed by atoms with van der Waals surface area (Å²) in [5.41, 5.74) is 1.52. The molecule has 0 amide bonds. The summed E-state index contributed by atoms with van der Waals surface area (Å²) >= 11 is 1.87. The second-order valence-corrected chi connectivity index (χ2v) is 8.04. The van der Waals surface area contributed by atoms with E-state index in [-0.39, 0.29) is 0 Å². The number of rotatable bonds is 3. The highest BCUT2D eigenvalue weighted by Gasteiger charge is 2.25. The number of piperazine rings is 1. The Morgan fingerprint density at radius 1 is 1.08 bits per heavy atom. The van der Waals surface area contributed by atoms with Crippen molar-refractivity contribution in [1.82, 2.24) is 24.4 Å². The van der Waals surface area contributed by atoms with Crippen LogP contribution in [0.5, 0.6) is 0 Å². The summed E-state index contributed by atoms with van der Waals surface area (Å²) in [7, 11) is 2.06. The fourth-order valence-corrected chi connectivity index (χ4v) is 5.24. The minimum absolute atomic E-state index is 0.921. The van der Waals surface area contributed by atoms with Gasteiger partial charge in [0.2, 0.25) is 0 Å². The lowest BCUT2D eigenvalue weighted by Crippen LogP contribution is -2.46. The van der Waals surface area contributed by atoms with Crippen molar-refractivity contribution in [2.24, 2.45) is 7.05 Å². The molecule has 5 rings (SSSR count). The molecule has 25 heavy (non-hydrogen) atoms. The molecule has 0 N–H and O–H groups in total. The number of fused-ring (bicyclic) bond motifs is 3. The SMILES string of the molecule is Cn1ccnc1CN1CCN(c2ncnc3sc4c(c23)CCC4)CC1. The first-order chi connectivity index (χ1) is 12.3. The number of thiophene rings is 1. The summed E-state index contributed by atoms with van der Waals surface area (Å²) in [6.45, 7) is 5.04. The van der Waals surface area contributed by atoms with Crippen molar-refractivity contribution >= 4 is 27.4 Å². The lowest BCUT2D eigenvalue weighted by Gasteiger charge is -2.35. The molecule has 6 nitrogen and oxygen atoms in total. The summed E-state index contributed by atoms with van der Waals surface area (Å²) < 4.78 is 2.11. The van der Waals surface area contributed by atoms with Crippen molar-refractivity contribution in [3.63, 3.8) is 0 Å². The average Bonchev–Trinajstić information content (AvgIpc) is 3.32. The quantitative estimate of drug-likeness (QED) is 0.722. The van der Waals surface area contributed by atoms with E-state index < -0.39 is 0 Å². The third-order valence-corrected chi connectivity index (χ3v) is 6.64. The topological polar surface area (TPSA) is 50.1 Å². The van der Waals surface area contributed by atoms with Crippen LogP contribution in [0.25, 0.3) is 10.2 Å². The van der Waals surface area contributed by atoms with Crippen LogP contribution in [-0.4, -0.2) is 50.6 Å². The lowest BCUT2D eigenvalue weighted by molar-refractivity contribution is 0.241. The minimum Gasteiger partial charge on any atom is -0.353 e. The average molecular weight is 354 g/mol. The fraction of sp³-hybridized carbons (Fsp3) is 0.500. The van der Waals surface area contributed by atoms with Crippen molar-refractivity contribution in [1.29, 1.82) is 0 Å². The Kier molecular flexibility index (Phi) is 3.71. The highest BCUT2D eigenvalue weighted by atomic mass is 32.1. The summed E-state index contributed by atoms with van der Waals surface area (Å²) in [5.74, 6) is 2.29. The largest absolute Gasteiger partial charge is 0.353 e. The number of aromatic nitrogens is 4. The molecule has 1 saturated heterocycles. The Balaban J connectivity index is 1.36.